The van der Waals surface area contributed by atoms with Gasteiger partial charge in [0.1, 0.15) is 5.82 Å². The maximum atomic E-state index is 13.3. The minimum absolute atomic E-state index is 0.111. The van der Waals surface area contributed by atoms with E-state index in [4.69, 9.17) is 22.3 Å². The van der Waals surface area contributed by atoms with Gasteiger partial charge >= 0.3 is 0 Å². The second-order valence-corrected chi connectivity index (χ2v) is 9.69. The first-order valence-electron chi connectivity index (χ1n) is 11.7. The van der Waals surface area contributed by atoms with Gasteiger partial charge in [0.15, 0.2) is 0 Å². The second kappa shape index (κ2) is 9.01. The molecule has 176 valence electrons. The lowest BCUT2D eigenvalue weighted by Gasteiger charge is -2.42. The molecule has 3 aromatic rings. The Morgan fingerprint density at radius 2 is 2.03 bits per heavy atom. The average Bonchev–Trinajstić information content (AvgIpc) is 2.83. The molecular formula is C27H29ClFN5. The minimum atomic E-state index is -0.318. The number of rotatable bonds is 4. The number of piperazine rings is 1. The SMILES string of the molecule is C=C(c1ccc2c(Cl)c3c(nc2c1)CC(c1ccc(F)cn1)CC3)N1CCN(C(=C)C)C(N)C1. The number of nitrogens with zero attached hydrogens (tertiary/aromatic N) is 4. The first-order valence-corrected chi connectivity index (χ1v) is 12.0. The fourth-order valence-corrected chi connectivity index (χ4v) is 5.52. The van der Waals surface area contributed by atoms with Crippen molar-refractivity contribution >= 4 is 28.2 Å². The van der Waals surface area contributed by atoms with Crippen molar-refractivity contribution in [3.63, 3.8) is 0 Å². The molecule has 2 unspecified atom stereocenters. The molecule has 0 spiro atoms. The standard InChI is InChI=1S/C27H29ClFN5/c1-16(2)34-11-10-33(15-26(34)30)17(3)18-4-7-21-24(12-18)32-25-13-19(5-8-22(25)27(21)28)23-9-6-20(29)14-31-23/h4,6-7,9,12,14,19,26H,1,3,5,8,10-11,13,15,30H2,2H3. The molecule has 0 amide bonds. The molecule has 2 aromatic heterocycles. The lowest BCUT2D eigenvalue weighted by molar-refractivity contribution is 0.146. The van der Waals surface area contributed by atoms with Crippen LogP contribution < -0.4 is 5.73 Å². The molecule has 5 rings (SSSR count). The predicted molar refractivity (Wildman–Crippen MR) is 136 cm³/mol. The predicted octanol–water partition coefficient (Wildman–Crippen LogP) is 5.10. The molecule has 2 aliphatic rings. The van der Waals surface area contributed by atoms with Gasteiger partial charge in [-0.3, -0.25) is 9.97 Å². The highest BCUT2D eigenvalue weighted by molar-refractivity contribution is 6.36. The van der Waals surface area contributed by atoms with Gasteiger partial charge in [0.2, 0.25) is 0 Å². The molecule has 1 aliphatic carbocycles. The number of aromatic nitrogens is 2. The number of halogens is 2. The average molecular weight is 478 g/mol. The quantitative estimate of drug-likeness (QED) is 0.566. The lowest BCUT2D eigenvalue weighted by atomic mass is 9.84. The maximum Gasteiger partial charge on any atom is 0.141 e. The Morgan fingerprint density at radius 3 is 2.74 bits per heavy atom. The van der Waals surface area contributed by atoms with Crippen molar-refractivity contribution in [3.05, 3.63) is 88.7 Å². The maximum absolute atomic E-state index is 13.3. The number of benzene rings is 1. The fourth-order valence-electron chi connectivity index (χ4n) is 5.16. The molecule has 7 heteroatoms. The molecule has 1 fully saturated rings. The van der Waals surface area contributed by atoms with E-state index < -0.39 is 0 Å². The third-order valence-electron chi connectivity index (χ3n) is 7.08. The van der Waals surface area contributed by atoms with E-state index in [9.17, 15) is 4.39 Å². The Balaban J connectivity index is 1.42. The molecule has 1 aliphatic heterocycles. The normalized spacial score (nSPS) is 20.4. The highest BCUT2D eigenvalue weighted by Gasteiger charge is 2.27. The minimum Gasteiger partial charge on any atom is -0.366 e. The monoisotopic (exact) mass is 477 g/mol. The summed E-state index contributed by atoms with van der Waals surface area (Å²) >= 11 is 6.85. The zero-order valence-electron chi connectivity index (χ0n) is 19.4. The summed E-state index contributed by atoms with van der Waals surface area (Å²) in [7, 11) is 0. The van der Waals surface area contributed by atoms with Crippen LogP contribution in [0.25, 0.3) is 16.6 Å². The van der Waals surface area contributed by atoms with E-state index in [-0.39, 0.29) is 17.9 Å². The summed E-state index contributed by atoms with van der Waals surface area (Å²) < 4.78 is 13.3. The van der Waals surface area contributed by atoms with Crippen molar-refractivity contribution in [1.82, 2.24) is 19.8 Å². The summed E-state index contributed by atoms with van der Waals surface area (Å²) in [6.07, 6.45) is 3.67. The van der Waals surface area contributed by atoms with Crippen LogP contribution in [-0.2, 0) is 12.8 Å². The molecule has 0 saturated carbocycles. The zero-order valence-corrected chi connectivity index (χ0v) is 20.2. The summed E-state index contributed by atoms with van der Waals surface area (Å²) in [5.74, 6) is -0.111. The molecule has 3 heterocycles. The summed E-state index contributed by atoms with van der Waals surface area (Å²) in [4.78, 5) is 13.7. The number of pyridine rings is 2. The van der Waals surface area contributed by atoms with Crippen LogP contribution in [0.4, 0.5) is 4.39 Å². The van der Waals surface area contributed by atoms with E-state index >= 15 is 0 Å². The van der Waals surface area contributed by atoms with Crippen LogP contribution in [0.3, 0.4) is 0 Å². The van der Waals surface area contributed by atoms with Crippen molar-refractivity contribution < 1.29 is 4.39 Å². The summed E-state index contributed by atoms with van der Waals surface area (Å²) in [6.45, 7) is 12.7. The van der Waals surface area contributed by atoms with Crippen LogP contribution >= 0.6 is 11.6 Å². The van der Waals surface area contributed by atoms with Crippen LogP contribution in [0.2, 0.25) is 5.02 Å². The van der Waals surface area contributed by atoms with E-state index in [0.29, 0.717) is 6.54 Å². The van der Waals surface area contributed by atoms with Crippen LogP contribution in [0.1, 0.15) is 41.8 Å². The van der Waals surface area contributed by atoms with Gasteiger partial charge in [-0.1, -0.05) is 36.9 Å². The van der Waals surface area contributed by atoms with Crippen LogP contribution in [0, 0.1) is 5.82 Å². The van der Waals surface area contributed by atoms with Crippen molar-refractivity contribution in [2.75, 3.05) is 19.6 Å². The molecule has 0 radical (unpaired) electrons. The molecule has 34 heavy (non-hydrogen) atoms. The van der Waals surface area contributed by atoms with Gasteiger partial charge in [-0.25, -0.2) is 4.39 Å². The third kappa shape index (κ3) is 4.17. The molecular weight excluding hydrogens is 449 g/mol. The van der Waals surface area contributed by atoms with E-state index in [1.54, 1.807) is 6.07 Å². The van der Waals surface area contributed by atoms with Gasteiger partial charge < -0.3 is 15.5 Å². The van der Waals surface area contributed by atoms with Gasteiger partial charge in [-0.2, -0.15) is 0 Å². The van der Waals surface area contributed by atoms with E-state index in [2.05, 4.69) is 40.1 Å². The number of hydrogen-bond acceptors (Lipinski definition) is 5. The van der Waals surface area contributed by atoms with Crippen LogP contribution in [-0.4, -0.2) is 45.6 Å². The molecule has 0 bridgehead atoms. The number of nitrogens with two attached hydrogens (primary N) is 1. The Bertz CT molecular complexity index is 1270. The fraction of sp³-hybridized carbons (Fsp3) is 0.333. The van der Waals surface area contributed by atoms with Gasteiger partial charge in [0, 0.05) is 47.2 Å². The van der Waals surface area contributed by atoms with Crippen LogP contribution in [0.5, 0.6) is 0 Å². The largest absolute Gasteiger partial charge is 0.366 e. The molecule has 1 saturated heterocycles. The Kier molecular flexibility index (Phi) is 6.04. The van der Waals surface area contributed by atoms with E-state index in [1.165, 1.54) is 12.3 Å². The van der Waals surface area contributed by atoms with Gasteiger partial charge in [0.25, 0.3) is 0 Å². The van der Waals surface area contributed by atoms with Crippen molar-refractivity contribution in [3.8, 4) is 0 Å². The van der Waals surface area contributed by atoms with Crippen molar-refractivity contribution in [1.29, 1.82) is 0 Å². The van der Waals surface area contributed by atoms with Gasteiger partial charge in [-0.15, -0.1) is 0 Å². The highest BCUT2D eigenvalue weighted by Crippen LogP contribution is 2.38. The molecule has 5 nitrogen and oxygen atoms in total. The van der Waals surface area contributed by atoms with Gasteiger partial charge in [0.05, 0.1) is 29.4 Å². The zero-order chi connectivity index (χ0) is 24.0. The molecule has 1 aromatic carbocycles. The molecule has 2 atom stereocenters. The Morgan fingerprint density at radius 1 is 1.21 bits per heavy atom. The van der Waals surface area contributed by atoms with E-state index in [0.717, 1.165) is 82.2 Å². The van der Waals surface area contributed by atoms with Crippen molar-refractivity contribution in [2.24, 2.45) is 5.73 Å². The second-order valence-electron chi connectivity index (χ2n) is 9.31. The van der Waals surface area contributed by atoms with Crippen LogP contribution in [0.15, 0.2) is 55.4 Å². The topological polar surface area (TPSA) is 58.3 Å². The van der Waals surface area contributed by atoms with Crippen molar-refractivity contribution in [2.45, 2.75) is 38.3 Å². The first kappa shape index (κ1) is 22.8. The third-order valence-corrected chi connectivity index (χ3v) is 7.51. The summed E-state index contributed by atoms with van der Waals surface area (Å²) in [5, 5.41) is 1.74. The summed E-state index contributed by atoms with van der Waals surface area (Å²) in [5.41, 5.74) is 13.2. The summed E-state index contributed by atoms with van der Waals surface area (Å²) in [6, 6.07) is 9.42. The Labute approximate surface area is 204 Å². The number of hydrogen-bond donors (Lipinski definition) is 1. The lowest BCUT2D eigenvalue weighted by Crippen LogP contribution is -2.55. The Hall–Kier alpha value is -2.96. The highest BCUT2D eigenvalue weighted by atomic mass is 35.5. The van der Waals surface area contributed by atoms with E-state index in [1.807, 2.05) is 13.0 Å². The first-order chi connectivity index (χ1) is 16.3. The molecule has 2 N–H and O–H groups in total. The van der Waals surface area contributed by atoms with Gasteiger partial charge in [-0.05, 0) is 55.5 Å². The smallest absolute Gasteiger partial charge is 0.141 e. The number of allylic oxidation sites excluding steroid dienone is 1. The number of fused-ring (bicyclic) bond motifs is 2.